The predicted octanol–water partition coefficient (Wildman–Crippen LogP) is 5.14. The molecule has 0 amide bonds. The Morgan fingerprint density at radius 2 is 1.95 bits per heavy atom. The molecule has 0 aromatic heterocycles. The second-order valence-electron chi connectivity index (χ2n) is 6.67. The smallest absolute Gasteiger partial charge is 0.119 e. The van der Waals surface area contributed by atoms with Crippen LogP contribution in [0.5, 0.6) is 5.75 Å². The van der Waals surface area contributed by atoms with E-state index in [1.54, 1.807) is 0 Å². The molecule has 124 valence electrons. The highest BCUT2D eigenvalue weighted by Crippen LogP contribution is 2.26. The van der Waals surface area contributed by atoms with Crippen molar-refractivity contribution in [1.29, 1.82) is 0 Å². The Balaban J connectivity index is 1.89. The lowest BCUT2D eigenvalue weighted by molar-refractivity contribution is 0.0611. The number of nitrogens with zero attached hydrogens (tertiary/aromatic N) is 1. The zero-order valence-corrected chi connectivity index (χ0v) is 14.5. The van der Waals surface area contributed by atoms with Crippen molar-refractivity contribution in [1.82, 2.24) is 4.90 Å². The summed E-state index contributed by atoms with van der Waals surface area (Å²) in [7, 11) is 0. The Morgan fingerprint density at radius 1 is 1.14 bits per heavy atom. The van der Waals surface area contributed by atoms with E-state index in [-0.39, 0.29) is 0 Å². The molecule has 1 fully saturated rings. The number of piperidine rings is 1. The Labute approximate surface area is 136 Å². The molecule has 0 bridgehead atoms. The molecule has 1 aliphatic heterocycles. The fraction of sp³-hybridized carbons (Fsp3) is 0.700. The van der Waals surface area contributed by atoms with Gasteiger partial charge in [-0.25, -0.2) is 0 Å². The molecule has 0 N–H and O–H groups in total. The highest BCUT2D eigenvalue weighted by molar-refractivity contribution is 5.21. The van der Waals surface area contributed by atoms with E-state index in [9.17, 15) is 0 Å². The van der Waals surface area contributed by atoms with Crippen molar-refractivity contribution in [3.63, 3.8) is 0 Å². The molecule has 1 aromatic rings. The molecule has 1 heterocycles. The van der Waals surface area contributed by atoms with Gasteiger partial charge in [0.25, 0.3) is 0 Å². The molecule has 0 spiro atoms. The molecule has 2 unspecified atom stereocenters. The summed E-state index contributed by atoms with van der Waals surface area (Å²) in [6.45, 7) is 8.33. The Hall–Kier alpha value is -1.02. The summed E-state index contributed by atoms with van der Waals surface area (Å²) in [6, 6.07) is 10.4. The van der Waals surface area contributed by atoms with Crippen LogP contribution in [0.3, 0.4) is 0 Å². The largest absolute Gasteiger partial charge is 0.490 e. The average Bonchev–Trinajstić information content (AvgIpc) is 2.56. The van der Waals surface area contributed by atoms with E-state index in [2.05, 4.69) is 49.1 Å². The molecule has 2 atom stereocenters. The van der Waals surface area contributed by atoms with Crippen LogP contribution >= 0.6 is 0 Å². The first kappa shape index (κ1) is 17.3. The van der Waals surface area contributed by atoms with E-state index in [0.29, 0.717) is 12.0 Å². The number of hydrogen-bond acceptors (Lipinski definition) is 2. The van der Waals surface area contributed by atoms with E-state index in [1.807, 2.05) is 0 Å². The van der Waals surface area contributed by atoms with Gasteiger partial charge in [-0.1, -0.05) is 51.3 Å². The second-order valence-corrected chi connectivity index (χ2v) is 6.67. The molecule has 0 radical (unpaired) electrons. The molecule has 0 aliphatic carbocycles. The van der Waals surface area contributed by atoms with Crippen LogP contribution in [0.15, 0.2) is 30.3 Å². The van der Waals surface area contributed by atoms with Crippen LogP contribution in [-0.4, -0.2) is 30.6 Å². The van der Waals surface area contributed by atoms with E-state index in [0.717, 1.165) is 5.75 Å². The van der Waals surface area contributed by atoms with E-state index < -0.39 is 0 Å². The third-order valence-electron chi connectivity index (χ3n) is 4.75. The van der Waals surface area contributed by atoms with Crippen molar-refractivity contribution >= 4 is 0 Å². The molecule has 22 heavy (non-hydrogen) atoms. The van der Waals surface area contributed by atoms with Crippen LogP contribution in [0.25, 0.3) is 0 Å². The molecule has 2 heteroatoms. The van der Waals surface area contributed by atoms with Crippen LogP contribution in [0.2, 0.25) is 0 Å². The fourth-order valence-corrected chi connectivity index (χ4v) is 3.53. The molecule has 0 saturated carbocycles. The van der Waals surface area contributed by atoms with Crippen molar-refractivity contribution in [3.05, 3.63) is 30.3 Å². The summed E-state index contributed by atoms with van der Waals surface area (Å²) in [4.78, 5) is 2.67. The molecule has 1 aromatic carbocycles. The second kappa shape index (κ2) is 9.89. The summed E-state index contributed by atoms with van der Waals surface area (Å²) < 4.78 is 6.34. The standard InChI is InChI=1S/C20H33NO/c1-3-5-9-15-21-16-10-12-18(17-21)20(11-4-2)22-19-13-7-6-8-14-19/h6-8,13-14,18,20H,3-5,9-12,15-17H2,1-2H3. The summed E-state index contributed by atoms with van der Waals surface area (Å²) >= 11 is 0. The van der Waals surface area contributed by atoms with Crippen LogP contribution in [0.1, 0.15) is 58.8 Å². The third kappa shape index (κ3) is 5.64. The quantitative estimate of drug-likeness (QED) is 0.586. The Morgan fingerprint density at radius 3 is 2.68 bits per heavy atom. The van der Waals surface area contributed by atoms with Crippen LogP contribution in [0.4, 0.5) is 0 Å². The van der Waals surface area contributed by atoms with Gasteiger partial charge in [0.1, 0.15) is 11.9 Å². The van der Waals surface area contributed by atoms with Crippen LogP contribution in [0, 0.1) is 5.92 Å². The van der Waals surface area contributed by atoms with Gasteiger partial charge >= 0.3 is 0 Å². The maximum Gasteiger partial charge on any atom is 0.119 e. The first-order valence-electron chi connectivity index (χ1n) is 9.27. The Bertz CT molecular complexity index is 392. The molecule has 2 rings (SSSR count). The normalized spacial score (nSPS) is 20.7. The molecule has 2 nitrogen and oxygen atoms in total. The van der Waals surface area contributed by atoms with E-state index >= 15 is 0 Å². The summed E-state index contributed by atoms with van der Waals surface area (Å²) in [5.41, 5.74) is 0. The van der Waals surface area contributed by atoms with Crippen LogP contribution in [-0.2, 0) is 0 Å². The van der Waals surface area contributed by atoms with E-state index in [4.69, 9.17) is 4.74 Å². The molecule has 1 saturated heterocycles. The van der Waals surface area contributed by atoms with Gasteiger partial charge in [0.15, 0.2) is 0 Å². The van der Waals surface area contributed by atoms with Crippen molar-refractivity contribution in [2.24, 2.45) is 5.92 Å². The van der Waals surface area contributed by atoms with Crippen LogP contribution < -0.4 is 4.74 Å². The van der Waals surface area contributed by atoms with Crippen molar-refractivity contribution in [3.8, 4) is 5.75 Å². The summed E-state index contributed by atoms with van der Waals surface area (Å²) in [6.07, 6.45) is 9.42. The first-order chi connectivity index (χ1) is 10.8. The minimum absolute atomic E-state index is 0.376. The number of hydrogen-bond donors (Lipinski definition) is 0. The summed E-state index contributed by atoms with van der Waals surface area (Å²) in [5.74, 6) is 1.72. The number of unbranched alkanes of at least 4 members (excludes halogenated alkanes) is 2. The third-order valence-corrected chi connectivity index (χ3v) is 4.75. The average molecular weight is 303 g/mol. The van der Waals surface area contributed by atoms with Gasteiger partial charge in [0.2, 0.25) is 0 Å². The number of benzene rings is 1. The van der Waals surface area contributed by atoms with Crippen molar-refractivity contribution < 1.29 is 4.74 Å². The summed E-state index contributed by atoms with van der Waals surface area (Å²) in [5, 5.41) is 0. The van der Waals surface area contributed by atoms with Gasteiger partial charge in [-0.15, -0.1) is 0 Å². The van der Waals surface area contributed by atoms with Gasteiger partial charge in [0.05, 0.1) is 0 Å². The number of likely N-dealkylation sites (tertiary alicyclic amines) is 1. The molecular formula is C20H33NO. The van der Waals surface area contributed by atoms with Gasteiger partial charge in [0, 0.05) is 12.5 Å². The van der Waals surface area contributed by atoms with Crippen molar-refractivity contribution in [2.45, 2.75) is 64.9 Å². The molecular weight excluding hydrogens is 270 g/mol. The Kier molecular flexibility index (Phi) is 7.79. The van der Waals surface area contributed by atoms with Gasteiger partial charge in [-0.3, -0.25) is 0 Å². The lowest BCUT2D eigenvalue weighted by Gasteiger charge is -2.37. The van der Waals surface area contributed by atoms with Crippen molar-refractivity contribution in [2.75, 3.05) is 19.6 Å². The van der Waals surface area contributed by atoms with Gasteiger partial charge in [-0.05, 0) is 50.9 Å². The zero-order chi connectivity index (χ0) is 15.6. The lowest BCUT2D eigenvalue weighted by Crippen LogP contribution is -2.42. The lowest BCUT2D eigenvalue weighted by atomic mass is 9.90. The van der Waals surface area contributed by atoms with Gasteiger partial charge in [-0.2, -0.15) is 0 Å². The minimum atomic E-state index is 0.376. The first-order valence-corrected chi connectivity index (χ1v) is 9.27. The highest BCUT2D eigenvalue weighted by atomic mass is 16.5. The number of para-hydroxylation sites is 1. The highest BCUT2D eigenvalue weighted by Gasteiger charge is 2.28. The maximum absolute atomic E-state index is 6.34. The number of rotatable bonds is 9. The predicted molar refractivity (Wildman–Crippen MR) is 94.5 cm³/mol. The number of ether oxygens (including phenoxy) is 1. The molecule has 1 aliphatic rings. The topological polar surface area (TPSA) is 12.5 Å². The van der Waals surface area contributed by atoms with E-state index in [1.165, 1.54) is 64.6 Å². The SMILES string of the molecule is CCCCCN1CCCC(C(CCC)Oc2ccccc2)C1. The fourth-order valence-electron chi connectivity index (χ4n) is 3.53. The minimum Gasteiger partial charge on any atom is -0.490 e. The maximum atomic E-state index is 6.34. The van der Waals surface area contributed by atoms with Gasteiger partial charge < -0.3 is 9.64 Å². The monoisotopic (exact) mass is 303 g/mol. The zero-order valence-electron chi connectivity index (χ0n) is 14.5.